The van der Waals surface area contributed by atoms with Gasteiger partial charge in [-0.2, -0.15) is 4.72 Å². The number of piperidine rings is 1. The molecule has 2 aliphatic rings. The van der Waals surface area contributed by atoms with E-state index in [2.05, 4.69) is 19.7 Å². The first-order valence-corrected chi connectivity index (χ1v) is 10.6. The summed E-state index contributed by atoms with van der Waals surface area (Å²) in [5.41, 5.74) is 0.728. The van der Waals surface area contributed by atoms with E-state index in [9.17, 15) is 21.6 Å². The predicted octanol–water partition coefficient (Wildman–Crippen LogP) is 3.28. The predicted molar refractivity (Wildman–Crippen MR) is 101 cm³/mol. The fourth-order valence-corrected chi connectivity index (χ4v) is 5.32. The van der Waals surface area contributed by atoms with Crippen LogP contribution >= 0.6 is 0 Å². The van der Waals surface area contributed by atoms with Crippen molar-refractivity contribution in [1.29, 1.82) is 0 Å². The Bertz CT molecular complexity index is 986. The molecule has 0 atom stereocenters. The van der Waals surface area contributed by atoms with Crippen molar-refractivity contribution in [3.63, 3.8) is 0 Å². The highest BCUT2D eigenvalue weighted by molar-refractivity contribution is 7.89. The van der Waals surface area contributed by atoms with Crippen LogP contribution in [0.4, 0.5) is 18.9 Å². The number of anilines is 1. The van der Waals surface area contributed by atoms with Gasteiger partial charge in [-0.05, 0) is 42.7 Å². The second kappa shape index (κ2) is 7.19. The molecule has 0 radical (unpaired) electrons. The zero-order chi connectivity index (χ0) is 20.7. The molecule has 2 aromatic carbocycles. The Morgan fingerprint density at radius 2 is 1.69 bits per heavy atom. The lowest BCUT2D eigenvalue weighted by atomic mass is 9.96. The van der Waals surface area contributed by atoms with Crippen LogP contribution in [0.25, 0.3) is 0 Å². The number of para-hydroxylation sites is 1. The van der Waals surface area contributed by atoms with Crippen molar-refractivity contribution < 1.29 is 26.3 Å². The maximum absolute atomic E-state index is 12.6. The average Bonchev–Trinajstić information content (AvgIpc) is 2.64. The van der Waals surface area contributed by atoms with Crippen LogP contribution in [0.5, 0.6) is 5.75 Å². The Morgan fingerprint density at radius 3 is 2.34 bits per heavy atom. The van der Waals surface area contributed by atoms with Crippen molar-refractivity contribution in [3.05, 3.63) is 54.1 Å². The molecule has 4 rings (SSSR count). The highest BCUT2D eigenvalue weighted by Crippen LogP contribution is 2.35. The monoisotopic (exact) mass is 427 g/mol. The van der Waals surface area contributed by atoms with Crippen molar-refractivity contribution in [2.24, 2.45) is 0 Å². The molecule has 156 valence electrons. The summed E-state index contributed by atoms with van der Waals surface area (Å²) in [6, 6.07) is 12.6. The van der Waals surface area contributed by atoms with E-state index in [0.29, 0.717) is 38.2 Å². The summed E-state index contributed by atoms with van der Waals surface area (Å²) in [7, 11) is -3.58. The SMILES string of the molecule is O=S1(=O)NC2(CCN(Cc3ccc(OC(F)(F)F)cc3)CC2)Nc2ccccc21. The number of rotatable bonds is 3. The lowest BCUT2D eigenvalue weighted by molar-refractivity contribution is -0.274. The molecule has 1 fully saturated rings. The molecule has 0 saturated carbocycles. The van der Waals surface area contributed by atoms with Gasteiger partial charge in [0.2, 0.25) is 10.0 Å². The first-order valence-electron chi connectivity index (χ1n) is 9.12. The van der Waals surface area contributed by atoms with E-state index in [1.807, 2.05) is 0 Å². The van der Waals surface area contributed by atoms with Crippen molar-refractivity contribution >= 4 is 15.7 Å². The zero-order valence-corrected chi connectivity index (χ0v) is 16.2. The minimum absolute atomic E-state index is 0.245. The quantitative estimate of drug-likeness (QED) is 0.787. The number of nitrogens with zero attached hydrogens (tertiary/aromatic N) is 1. The van der Waals surface area contributed by atoms with Crippen LogP contribution in [0.3, 0.4) is 0 Å². The molecular formula is C19H20F3N3O3S. The van der Waals surface area contributed by atoms with Crippen LogP contribution in [0.1, 0.15) is 18.4 Å². The Hall–Kier alpha value is -2.30. The van der Waals surface area contributed by atoms with E-state index >= 15 is 0 Å². The number of fused-ring (bicyclic) bond motifs is 1. The lowest BCUT2D eigenvalue weighted by Crippen LogP contribution is -2.61. The van der Waals surface area contributed by atoms with Crippen LogP contribution in [0.15, 0.2) is 53.4 Å². The summed E-state index contributed by atoms with van der Waals surface area (Å²) in [6.45, 7) is 1.84. The number of hydrogen-bond acceptors (Lipinski definition) is 5. The molecule has 2 heterocycles. The van der Waals surface area contributed by atoms with Crippen molar-refractivity contribution in [2.75, 3.05) is 18.4 Å². The zero-order valence-electron chi connectivity index (χ0n) is 15.4. The average molecular weight is 427 g/mol. The van der Waals surface area contributed by atoms with Crippen LogP contribution in [-0.4, -0.2) is 38.4 Å². The van der Waals surface area contributed by atoms with Crippen LogP contribution < -0.4 is 14.8 Å². The van der Waals surface area contributed by atoms with Gasteiger partial charge >= 0.3 is 6.36 Å². The van der Waals surface area contributed by atoms with Gasteiger partial charge in [0.15, 0.2) is 0 Å². The number of likely N-dealkylation sites (tertiary alicyclic amines) is 1. The van der Waals surface area contributed by atoms with E-state index in [1.54, 1.807) is 36.4 Å². The summed E-state index contributed by atoms with van der Waals surface area (Å²) in [4.78, 5) is 2.38. The van der Waals surface area contributed by atoms with E-state index in [1.165, 1.54) is 12.1 Å². The van der Waals surface area contributed by atoms with Gasteiger partial charge in [-0.3, -0.25) is 4.90 Å². The highest BCUT2D eigenvalue weighted by atomic mass is 32.2. The molecular weight excluding hydrogens is 407 g/mol. The summed E-state index contributed by atoms with van der Waals surface area (Å²) < 4.78 is 68.6. The third-order valence-corrected chi connectivity index (χ3v) is 6.75. The number of sulfonamides is 1. The molecule has 0 aliphatic carbocycles. The summed E-state index contributed by atoms with van der Waals surface area (Å²) >= 11 is 0. The van der Waals surface area contributed by atoms with Gasteiger partial charge in [0.05, 0.1) is 5.69 Å². The molecule has 0 aromatic heterocycles. The van der Waals surface area contributed by atoms with Gasteiger partial charge in [0.1, 0.15) is 16.3 Å². The van der Waals surface area contributed by atoms with Crippen LogP contribution in [0, 0.1) is 0 Å². The van der Waals surface area contributed by atoms with Gasteiger partial charge in [0.25, 0.3) is 0 Å². The third kappa shape index (κ3) is 4.49. The van der Waals surface area contributed by atoms with Crippen LogP contribution in [-0.2, 0) is 16.6 Å². The Kier molecular flexibility index (Phi) is 4.96. The molecule has 0 amide bonds. The smallest absolute Gasteiger partial charge is 0.406 e. The Morgan fingerprint density at radius 1 is 1.03 bits per heavy atom. The Balaban J connectivity index is 1.39. The normalized spacial score (nSPS) is 20.7. The fraction of sp³-hybridized carbons (Fsp3) is 0.368. The second-order valence-electron chi connectivity index (χ2n) is 7.28. The topological polar surface area (TPSA) is 70.7 Å². The maximum atomic E-state index is 12.6. The summed E-state index contributed by atoms with van der Waals surface area (Å²) in [5.74, 6) is -0.252. The molecule has 1 spiro atoms. The third-order valence-electron chi connectivity index (χ3n) is 5.15. The van der Waals surface area contributed by atoms with E-state index in [4.69, 9.17) is 0 Å². The molecule has 0 unspecified atom stereocenters. The van der Waals surface area contributed by atoms with Gasteiger partial charge in [-0.15, -0.1) is 13.2 Å². The highest BCUT2D eigenvalue weighted by Gasteiger charge is 2.42. The lowest BCUT2D eigenvalue weighted by Gasteiger charge is -2.45. The van der Waals surface area contributed by atoms with Gasteiger partial charge in [0, 0.05) is 19.6 Å². The standard InChI is InChI=1S/C19H20F3N3O3S/c20-19(21,22)28-15-7-5-14(6-8-15)13-25-11-9-18(10-12-25)23-16-3-1-2-4-17(16)29(26,27)24-18/h1-8,23-24H,9-13H2. The summed E-state index contributed by atoms with van der Waals surface area (Å²) in [5, 5.41) is 3.34. The number of ether oxygens (including phenoxy) is 1. The minimum atomic E-state index is -4.71. The molecule has 6 nitrogen and oxygen atoms in total. The molecule has 2 N–H and O–H groups in total. The molecule has 2 aromatic rings. The molecule has 2 aliphatic heterocycles. The van der Waals surface area contributed by atoms with Crippen molar-refractivity contribution in [2.45, 2.75) is 36.3 Å². The number of alkyl halides is 3. The number of nitrogens with one attached hydrogen (secondary N) is 2. The van der Waals surface area contributed by atoms with Crippen molar-refractivity contribution in [3.8, 4) is 5.75 Å². The van der Waals surface area contributed by atoms with Crippen LogP contribution in [0.2, 0.25) is 0 Å². The number of hydrogen-bond donors (Lipinski definition) is 2. The summed E-state index contributed by atoms with van der Waals surface area (Å²) in [6.07, 6.45) is -3.58. The van der Waals surface area contributed by atoms with E-state index in [-0.39, 0.29) is 10.6 Å². The molecule has 10 heteroatoms. The van der Waals surface area contributed by atoms with Gasteiger partial charge in [-0.1, -0.05) is 24.3 Å². The first kappa shape index (κ1) is 20.0. The second-order valence-corrected chi connectivity index (χ2v) is 8.93. The molecule has 0 bridgehead atoms. The molecule has 29 heavy (non-hydrogen) atoms. The number of halogens is 3. The maximum Gasteiger partial charge on any atom is 0.573 e. The largest absolute Gasteiger partial charge is 0.573 e. The number of benzene rings is 2. The van der Waals surface area contributed by atoms with Gasteiger partial charge < -0.3 is 10.1 Å². The van der Waals surface area contributed by atoms with E-state index in [0.717, 1.165) is 5.56 Å². The van der Waals surface area contributed by atoms with E-state index < -0.39 is 22.0 Å². The first-order chi connectivity index (χ1) is 13.6. The van der Waals surface area contributed by atoms with Crippen molar-refractivity contribution in [1.82, 2.24) is 9.62 Å². The van der Waals surface area contributed by atoms with Gasteiger partial charge in [-0.25, -0.2) is 8.42 Å². The Labute approximate surface area is 166 Å². The molecule has 1 saturated heterocycles. The minimum Gasteiger partial charge on any atom is -0.406 e. The fourth-order valence-electron chi connectivity index (χ4n) is 3.77.